The standard InChI is InChI=1S/C10H16N2/c1-3-10(4-2)7-6-12-8(5-11)9(7)10/h7-9,12H,3-4,6H2,1-2H3/t7-,8+,9-/m0/s1. The zero-order valence-corrected chi connectivity index (χ0v) is 7.80. The van der Waals surface area contributed by atoms with Gasteiger partial charge in [-0.2, -0.15) is 5.26 Å². The van der Waals surface area contributed by atoms with Crippen LogP contribution in [0.2, 0.25) is 0 Å². The Hall–Kier alpha value is -0.550. The van der Waals surface area contributed by atoms with Gasteiger partial charge >= 0.3 is 0 Å². The van der Waals surface area contributed by atoms with Crippen molar-refractivity contribution in [3.05, 3.63) is 0 Å². The van der Waals surface area contributed by atoms with E-state index in [4.69, 9.17) is 5.26 Å². The second kappa shape index (κ2) is 2.47. The summed E-state index contributed by atoms with van der Waals surface area (Å²) in [6.07, 6.45) is 2.50. The van der Waals surface area contributed by atoms with E-state index in [0.717, 1.165) is 12.5 Å². The lowest BCUT2D eigenvalue weighted by Gasteiger charge is -2.18. The highest BCUT2D eigenvalue weighted by molar-refractivity contribution is 5.22. The molecule has 1 saturated heterocycles. The molecule has 12 heavy (non-hydrogen) atoms. The summed E-state index contributed by atoms with van der Waals surface area (Å²) in [5.74, 6) is 1.47. The summed E-state index contributed by atoms with van der Waals surface area (Å²) in [7, 11) is 0. The molecular weight excluding hydrogens is 148 g/mol. The smallest absolute Gasteiger partial charge is 0.0990 e. The van der Waals surface area contributed by atoms with E-state index in [0.29, 0.717) is 11.3 Å². The Morgan fingerprint density at radius 1 is 1.50 bits per heavy atom. The van der Waals surface area contributed by atoms with Crippen LogP contribution in [0.15, 0.2) is 0 Å². The van der Waals surface area contributed by atoms with Crippen molar-refractivity contribution in [3.8, 4) is 6.07 Å². The van der Waals surface area contributed by atoms with Crippen LogP contribution in [0.3, 0.4) is 0 Å². The molecule has 2 heteroatoms. The van der Waals surface area contributed by atoms with Gasteiger partial charge in [-0.3, -0.25) is 0 Å². The van der Waals surface area contributed by atoms with E-state index in [-0.39, 0.29) is 6.04 Å². The zero-order chi connectivity index (χ0) is 8.77. The van der Waals surface area contributed by atoms with Gasteiger partial charge in [0.25, 0.3) is 0 Å². The van der Waals surface area contributed by atoms with E-state index in [1.165, 1.54) is 12.8 Å². The quantitative estimate of drug-likeness (QED) is 0.672. The van der Waals surface area contributed by atoms with Crippen LogP contribution in [0.1, 0.15) is 26.7 Å². The highest BCUT2D eigenvalue weighted by Crippen LogP contribution is 2.66. The van der Waals surface area contributed by atoms with Crippen molar-refractivity contribution < 1.29 is 0 Å². The third-order valence-electron chi connectivity index (χ3n) is 4.10. The number of fused-ring (bicyclic) bond motifs is 1. The average Bonchev–Trinajstić information content (AvgIpc) is 2.54. The molecule has 0 aromatic rings. The molecule has 66 valence electrons. The molecule has 3 atom stereocenters. The van der Waals surface area contributed by atoms with Crippen molar-refractivity contribution in [2.24, 2.45) is 17.3 Å². The normalized spacial score (nSPS) is 41.9. The molecule has 0 bridgehead atoms. The predicted molar refractivity (Wildman–Crippen MR) is 47.4 cm³/mol. The van der Waals surface area contributed by atoms with Crippen molar-refractivity contribution >= 4 is 0 Å². The summed E-state index contributed by atoms with van der Waals surface area (Å²) in [6, 6.07) is 2.52. The largest absolute Gasteiger partial charge is 0.301 e. The van der Waals surface area contributed by atoms with E-state index in [1.54, 1.807) is 0 Å². The average molecular weight is 164 g/mol. The second-order valence-corrected chi connectivity index (χ2v) is 4.09. The van der Waals surface area contributed by atoms with Gasteiger partial charge in [0.05, 0.1) is 12.1 Å². The minimum atomic E-state index is 0.148. The van der Waals surface area contributed by atoms with Gasteiger partial charge in [-0.15, -0.1) is 0 Å². The van der Waals surface area contributed by atoms with Gasteiger partial charge in [0.1, 0.15) is 0 Å². The van der Waals surface area contributed by atoms with E-state index < -0.39 is 0 Å². The predicted octanol–water partition coefficient (Wildman–Crippen LogP) is 1.53. The Labute approximate surface area is 74.0 Å². The summed E-state index contributed by atoms with van der Waals surface area (Å²) < 4.78 is 0. The Balaban J connectivity index is 2.14. The Bertz CT molecular complexity index is 224. The van der Waals surface area contributed by atoms with Crippen LogP contribution < -0.4 is 5.32 Å². The number of nitriles is 1. The second-order valence-electron chi connectivity index (χ2n) is 4.09. The maximum atomic E-state index is 8.87. The zero-order valence-electron chi connectivity index (χ0n) is 7.80. The number of nitrogens with one attached hydrogen (secondary N) is 1. The van der Waals surface area contributed by atoms with Crippen molar-refractivity contribution in [1.29, 1.82) is 5.26 Å². The maximum Gasteiger partial charge on any atom is 0.0990 e. The molecule has 1 saturated carbocycles. The Morgan fingerprint density at radius 3 is 2.58 bits per heavy atom. The lowest BCUT2D eigenvalue weighted by molar-refractivity contribution is 0.346. The van der Waals surface area contributed by atoms with Crippen LogP contribution in [0, 0.1) is 28.6 Å². The van der Waals surface area contributed by atoms with E-state index in [2.05, 4.69) is 25.2 Å². The molecule has 1 aliphatic heterocycles. The van der Waals surface area contributed by atoms with Crippen LogP contribution in [0.5, 0.6) is 0 Å². The first-order chi connectivity index (χ1) is 5.80. The van der Waals surface area contributed by atoms with Gasteiger partial charge in [0.15, 0.2) is 0 Å². The summed E-state index contributed by atoms with van der Waals surface area (Å²) in [5, 5.41) is 12.1. The highest BCUT2D eigenvalue weighted by atomic mass is 15.0. The molecule has 0 aromatic carbocycles. The van der Waals surface area contributed by atoms with E-state index in [9.17, 15) is 0 Å². The molecule has 0 aromatic heterocycles. The third-order valence-corrected chi connectivity index (χ3v) is 4.10. The van der Waals surface area contributed by atoms with Gasteiger partial charge < -0.3 is 5.32 Å². The van der Waals surface area contributed by atoms with Gasteiger partial charge in [0, 0.05) is 6.54 Å². The molecule has 0 unspecified atom stereocenters. The van der Waals surface area contributed by atoms with Gasteiger partial charge in [-0.05, 0) is 30.1 Å². The number of hydrogen-bond acceptors (Lipinski definition) is 2. The van der Waals surface area contributed by atoms with Crippen molar-refractivity contribution in [1.82, 2.24) is 5.32 Å². The topological polar surface area (TPSA) is 35.8 Å². The first-order valence-electron chi connectivity index (χ1n) is 4.93. The molecule has 2 rings (SSSR count). The maximum absolute atomic E-state index is 8.87. The van der Waals surface area contributed by atoms with Crippen LogP contribution in [-0.4, -0.2) is 12.6 Å². The molecule has 0 amide bonds. The molecule has 2 nitrogen and oxygen atoms in total. The molecule has 1 aliphatic carbocycles. The lowest BCUT2D eigenvalue weighted by Crippen LogP contribution is -2.30. The third kappa shape index (κ3) is 0.728. The number of rotatable bonds is 2. The van der Waals surface area contributed by atoms with Crippen molar-refractivity contribution in [2.75, 3.05) is 6.54 Å². The van der Waals surface area contributed by atoms with Gasteiger partial charge in [-0.25, -0.2) is 0 Å². The number of hydrogen-bond donors (Lipinski definition) is 1. The fourth-order valence-electron chi connectivity index (χ4n) is 3.26. The molecule has 1 N–H and O–H groups in total. The highest BCUT2D eigenvalue weighted by Gasteiger charge is 2.67. The monoisotopic (exact) mass is 164 g/mol. The Kier molecular flexibility index (Phi) is 1.66. The molecular formula is C10H16N2. The first-order valence-corrected chi connectivity index (χ1v) is 4.93. The summed E-state index contributed by atoms with van der Waals surface area (Å²) >= 11 is 0. The fourth-order valence-corrected chi connectivity index (χ4v) is 3.26. The SMILES string of the molecule is CCC1(CC)[C@@H]2[C@@H](C#N)NC[C@@H]21. The van der Waals surface area contributed by atoms with Gasteiger partial charge in [0.2, 0.25) is 0 Å². The summed E-state index contributed by atoms with van der Waals surface area (Å²) in [6.45, 7) is 5.59. The van der Waals surface area contributed by atoms with E-state index in [1.807, 2.05) is 0 Å². The number of nitrogens with zero attached hydrogens (tertiary/aromatic N) is 1. The van der Waals surface area contributed by atoms with Crippen LogP contribution in [-0.2, 0) is 0 Å². The lowest BCUT2D eigenvalue weighted by atomic mass is 9.92. The minimum Gasteiger partial charge on any atom is -0.301 e. The van der Waals surface area contributed by atoms with Crippen LogP contribution >= 0.6 is 0 Å². The van der Waals surface area contributed by atoms with Crippen LogP contribution in [0.4, 0.5) is 0 Å². The summed E-state index contributed by atoms with van der Waals surface area (Å²) in [5.41, 5.74) is 0.533. The molecule has 2 aliphatic rings. The number of piperidine rings is 1. The van der Waals surface area contributed by atoms with Crippen molar-refractivity contribution in [3.63, 3.8) is 0 Å². The molecule has 0 spiro atoms. The first kappa shape index (κ1) is 8.07. The van der Waals surface area contributed by atoms with Crippen LogP contribution in [0.25, 0.3) is 0 Å². The van der Waals surface area contributed by atoms with E-state index >= 15 is 0 Å². The minimum absolute atomic E-state index is 0.148. The molecule has 1 heterocycles. The molecule has 0 radical (unpaired) electrons. The fraction of sp³-hybridized carbons (Fsp3) is 0.900. The molecule has 2 fully saturated rings. The van der Waals surface area contributed by atoms with Crippen molar-refractivity contribution in [2.45, 2.75) is 32.7 Å². The van der Waals surface area contributed by atoms with Gasteiger partial charge in [-0.1, -0.05) is 13.8 Å². The summed E-state index contributed by atoms with van der Waals surface area (Å²) in [4.78, 5) is 0. The Morgan fingerprint density at radius 2 is 2.17 bits per heavy atom.